The first-order valence-electron chi connectivity index (χ1n) is 6.20. The number of para-hydroxylation sites is 1. The van der Waals surface area contributed by atoms with Gasteiger partial charge in [-0.25, -0.2) is 0 Å². The second kappa shape index (κ2) is 5.69. The summed E-state index contributed by atoms with van der Waals surface area (Å²) in [6.45, 7) is 1.97. The second-order valence-electron chi connectivity index (χ2n) is 4.30. The second-order valence-corrected chi connectivity index (χ2v) is 5.55. The third-order valence-corrected chi connectivity index (χ3v) is 3.69. The Balaban J connectivity index is 1.75. The Labute approximate surface area is 126 Å². The van der Waals surface area contributed by atoms with Crippen LogP contribution in [0.1, 0.15) is 5.56 Å². The van der Waals surface area contributed by atoms with Crippen LogP contribution in [-0.2, 0) is 6.54 Å². The van der Waals surface area contributed by atoms with Gasteiger partial charge in [0.15, 0.2) is 11.5 Å². The highest BCUT2D eigenvalue weighted by Crippen LogP contribution is 2.33. The van der Waals surface area contributed by atoms with Crippen LogP contribution in [0.5, 0.6) is 11.5 Å². The molecule has 1 aliphatic rings. The van der Waals surface area contributed by atoms with Gasteiger partial charge in [0.2, 0.25) is 0 Å². The largest absolute Gasteiger partial charge is 0.486 e. The van der Waals surface area contributed by atoms with Crippen molar-refractivity contribution in [1.29, 1.82) is 0 Å². The van der Waals surface area contributed by atoms with Gasteiger partial charge in [0.25, 0.3) is 0 Å². The molecule has 0 fully saturated rings. The van der Waals surface area contributed by atoms with Crippen LogP contribution in [0.15, 0.2) is 42.5 Å². The molecule has 2 aromatic rings. The van der Waals surface area contributed by atoms with Crippen LogP contribution in [0.4, 0.5) is 5.69 Å². The molecule has 2 aromatic carbocycles. The van der Waals surface area contributed by atoms with Crippen LogP contribution < -0.4 is 14.8 Å². The molecule has 3 nitrogen and oxygen atoms in total. The van der Waals surface area contributed by atoms with E-state index >= 15 is 0 Å². The lowest BCUT2D eigenvalue weighted by molar-refractivity contribution is 0.170. The van der Waals surface area contributed by atoms with Gasteiger partial charge in [-0.15, -0.1) is 0 Å². The SMILES string of the molecule is Ic1ccc(NCc2cccc3c2OCCO3)cc1. The Morgan fingerprint density at radius 1 is 1.00 bits per heavy atom. The lowest BCUT2D eigenvalue weighted by Gasteiger charge is -2.21. The van der Waals surface area contributed by atoms with Crippen LogP contribution >= 0.6 is 22.6 Å². The molecule has 3 rings (SSSR count). The standard InChI is InChI=1S/C15H14INO2/c16-12-4-6-13(7-5-12)17-10-11-2-1-3-14-15(11)19-9-8-18-14/h1-7,17H,8-10H2. The van der Waals surface area contributed by atoms with E-state index in [1.54, 1.807) is 0 Å². The molecule has 1 N–H and O–H groups in total. The van der Waals surface area contributed by atoms with Crippen molar-refractivity contribution in [3.05, 3.63) is 51.6 Å². The molecule has 0 saturated carbocycles. The molecule has 19 heavy (non-hydrogen) atoms. The molecule has 0 amide bonds. The minimum Gasteiger partial charge on any atom is -0.486 e. The molecule has 0 bridgehead atoms. The first-order valence-corrected chi connectivity index (χ1v) is 7.28. The third kappa shape index (κ3) is 2.94. The molecule has 0 unspecified atom stereocenters. The zero-order valence-electron chi connectivity index (χ0n) is 10.4. The number of benzene rings is 2. The molecule has 1 aliphatic heterocycles. The average molecular weight is 367 g/mol. The Kier molecular flexibility index (Phi) is 3.77. The van der Waals surface area contributed by atoms with Crippen LogP contribution in [0.2, 0.25) is 0 Å². The fraction of sp³-hybridized carbons (Fsp3) is 0.200. The summed E-state index contributed by atoms with van der Waals surface area (Å²) in [7, 11) is 0. The van der Waals surface area contributed by atoms with Gasteiger partial charge >= 0.3 is 0 Å². The Bertz CT molecular complexity index is 569. The van der Waals surface area contributed by atoms with E-state index in [9.17, 15) is 0 Å². The van der Waals surface area contributed by atoms with Crippen molar-refractivity contribution in [3.63, 3.8) is 0 Å². The first-order chi connectivity index (χ1) is 9.33. The van der Waals surface area contributed by atoms with Crippen molar-refractivity contribution in [1.82, 2.24) is 0 Å². The molecule has 4 heteroatoms. The molecule has 0 aliphatic carbocycles. The van der Waals surface area contributed by atoms with E-state index < -0.39 is 0 Å². The summed E-state index contributed by atoms with van der Waals surface area (Å²) in [5.74, 6) is 1.71. The minimum absolute atomic E-state index is 0.619. The molecule has 0 radical (unpaired) electrons. The van der Waals surface area contributed by atoms with E-state index in [0.29, 0.717) is 13.2 Å². The van der Waals surface area contributed by atoms with E-state index in [2.05, 4.69) is 58.2 Å². The average Bonchev–Trinajstić information content (AvgIpc) is 2.47. The molecule has 0 saturated heterocycles. The Morgan fingerprint density at radius 3 is 2.63 bits per heavy atom. The van der Waals surface area contributed by atoms with Gasteiger partial charge in [-0.1, -0.05) is 12.1 Å². The predicted molar refractivity (Wildman–Crippen MR) is 83.9 cm³/mol. The van der Waals surface area contributed by atoms with E-state index in [4.69, 9.17) is 9.47 Å². The van der Waals surface area contributed by atoms with Gasteiger partial charge < -0.3 is 14.8 Å². The molecular weight excluding hydrogens is 353 g/mol. The predicted octanol–water partition coefficient (Wildman–Crippen LogP) is 3.67. The number of anilines is 1. The number of halogens is 1. The number of fused-ring (bicyclic) bond motifs is 1. The minimum atomic E-state index is 0.619. The molecule has 0 aromatic heterocycles. The maximum atomic E-state index is 5.70. The van der Waals surface area contributed by atoms with Crippen molar-refractivity contribution in [2.24, 2.45) is 0 Å². The topological polar surface area (TPSA) is 30.5 Å². The normalized spacial score (nSPS) is 13.1. The summed E-state index contributed by atoms with van der Waals surface area (Å²) < 4.78 is 12.5. The van der Waals surface area contributed by atoms with Gasteiger partial charge in [0, 0.05) is 21.4 Å². The quantitative estimate of drug-likeness (QED) is 0.840. The van der Waals surface area contributed by atoms with Crippen LogP contribution in [0, 0.1) is 3.57 Å². The summed E-state index contributed by atoms with van der Waals surface area (Å²) in [5.41, 5.74) is 2.23. The van der Waals surface area contributed by atoms with E-state index in [1.165, 1.54) is 3.57 Å². The van der Waals surface area contributed by atoms with Crippen molar-refractivity contribution >= 4 is 28.3 Å². The fourth-order valence-corrected chi connectivity index (χ4v) is 2.40. The molecule has 98 valence electrons. The number of hydrogen-bond acceptors (Lipinski definition) is 3. The summed E-state index contributed by atoms with van der Waals surface area (Å²) in [6, 6.07) is 14.3. The zero-order valence-corrected chi connectivity index (χ0v) is 12.5. The van der Waals surface area contributed by atoms with Gasteiger partial charge in [-0.2, -0.15) is 0 Å². The van der Waals surface area contributed by atoms with Gasteiger partial charge in [-0.3, -0.25) is 0 Å². The summed E-state index contributed by atoms with van der Waals surface area (Å²) in [5, 5.41) is 3.40. The Hall–Kier alpha value is -1.43. The summed E-state index contributed by atoms with van der Waals surface area (Å²) >= 11 is 2.30. The lowest BCUT2D eigenvalue weighted by Crippen LogP contribution is -2.17. The monoisotopic (exact) mass is 367 g/mol. The maximum Gasteiger partial charge on any atom is 0.166 e. The van der Waals surface area contributed by atoms with Crippen LogP contribution in [0.3, 0.4) is 0 Å². The maximum absolute atomic E-state index is 5.70. The zero-order chi connectivity index (χ0) is 13.1. The lowest BCUT2D eigenvalue weighted by atomic mass is 10.1. The van der Waals surface area contributed by atoms with Crippen molar-refractivity contribution in [2.75, 3.05) is 18.5 Å². The van der Waals surface area contributed by atoms with Gasteiger partial charge in [-0.05, 0) is 52.9 Å². The van der Waals surface area contributed by atoms with Crippen LogP contribution in [-0.4, -0.2) is 13.2 Å². The number of rotatable bonds is 3. The molecule has 1 heterocycles. The van der Waals surface area contributed by atoms with E-state index in [1.807, 2.05) is 12.1 Å². The van der Waals surface area contributed by atoms with Gasteiger partial charge in [0.05, 0.1) is 0 Å². The van der Waals surface area contributed by atoms with Gasteiger partial charge in [0.1, 0.15) is 13.2 Å². The highest BCUT2D eigenvalue weighted by Gasteiger charge is 2.14. The number of ether oxygens (including phenoxy) is 2. The highest BCUT2D eigenvalue weighted by atomic mass is 127. The number of nitrogens with one attached hydrogen (secondary N) is 1. The number of hydrogen-bond donors (Lipinski definition) is 1. The van der Waals surface area contributed by atoms with E-state index in [-0.39, 0.29) is 0 Å². The highest BCUT2D eigenvalue weighted by molar-refractivity contribution is 14.1. The molecule has 0 spiro atoms. The fourth-order valence-electron chi connectivity index (χ4n) is 2.04. The molecular formula is C15H14INO2. The summed E-state index contributed by atoms with van der Waals surface area (Å²) in [4.78, 5) is 0. The first kappa shape index (κ1) is 12.6. The third-order valence-electron chi connectivity index (χ3n) is 2.97. The van der Waals surface area contributed by atoms with E-state index in [0.717, 1.165) is 29.3 Å². The Morgan fingerprint density at radius 2 is 1.79 bits per heavy atom. The van der Waals surface area contributed by atoms with Crippen molar-refractivity contribution < 1.29 is 9.47 Å². The summed E-state index contributed by atoms with van der Waals surface area (Å²) in [6.07, 6.45) is 0. The molecule has 0 atom stereocenters. The van der Waals surface area contributed by atoms with Crippen molar-refractivity contribution in [3.8, 4) is 11.5 Å². The van der Waals surface area contributed by atoms with Crippen LogP contribution in [0.25, 0.3) is 0 Å². The smallest absolute Gasteiger partial charge is 0.166 e. The van der Waals surface area contributed by atoms with Crippen molar-refractivity contribution in [2.45, 2.75) is 6.54 Å².